The summed E-state index contributed by atoms with van der Waals surface area (Å²) in [5, 5.41) is 9.15. The second-order valence-corrected chi connectivity index (χ2v) is 4.56. The van der Waals surface area contributed by atoms with Crippen molar-refractivity contribution in [1.82, 2.24) is 15.0 Å². The summed E-state index contributed by atoms with van der Waals surface area (Å²) < 4.78 is 5.30. The molecule has 1 unspecified atom stereocenters. The molecule has 0 saturated carbocycles. The number of aliphatic hydroxyl groups is 1. The number of nitrogens with two attached hydrogens (primary N) is 1. The van der Waals surface area contributed by atoms with Crippen LogP contribution in [-0.4, -0.2) is 45.9 Å². The number of ether oxygens (including phenoxy) is 1. The minimum Gasteiger partial charge on any atom is -0.464 e. The van der Waals surface area contributed by atoms with E-state index in [9.17, 15) is 0 Å². The quantitative estimate of drug-likeness (QED) is 0.805. The van der Waals surface area contributed by atoms with E-state index >= 15 is 0 Å². The van der Waals surface area contributed by atoms with E-state index in [0.717, 1.165) is 25.8 Å². The van der Waals surface area contributed by atoms with Crippen LogP contribution in [-0.2, 0) is 0 Å². The Hall–Kier alpha value is -1.63. The third kappa shape index (κ3) is 3.44. The van der Waals surface area contributed by atoms with Crippen molar-refractivity contribution in [3.63, 3.8) is 0 Å². The number of nitrogens with zero attached hydrogens (tertiary/aromatic N) is 4. The number of hydrogen-bond donors (Lipinski definition) is 2. The third-order valence-corrected chi connectivity index (χ3v) is 3.24. The lowest BCUT2D eigenvalue weighted by atomic mass is 10.0. The summed E-state index contributed by atoms with van der Waals surface area (Å²) in [7, 11) is 0. The number of nitrogen functional groups attached to an aromatic ring is 1. The van der Waals surface area contributed by atoms with Crippen molar-refractivity contribution in [1.29, 1.82) is 0 Å². The minimum atomic E-state index is 0.167. The Bertz CT molecular complexity index is 413. The first-order valence-electron chi connectivity index (χ1n) is 6.76. The molecule has 0 radical (unpaired) electrons. The van der Waals surface area contributed by atoms with Crippen LogP contribution in [0.2, 0.25) is 0 Å². The van der Waals surface area contributed by atoms with Crippen molar-refractivity contribution >= 4 is 11.9 Å². The smallest absolute Gasteiger partial charge is 0.323 e. The van der Waals surface area contributed by atoms with E-state index in [1.54, 1.807) is 0 Å². The third-order valence-electron chi connectivity index (χ3n) is 3.24. The molecule has 0 amide bonds. The van der Waals surface area contributed by atoms with Gasteiger partial charge in [0.25, 0.3) is 0 Å². The largest absolute Gasteiger partial charge is 0.464 e. The highest BCUT2D eigenvalue weighted by atomic mass is 16.5. The molecule has 1 aliphatic rings. The average molecular weight is 267 g/mol. The fourth-order valence-corrected chi connectivity index (χ4v) is 2.40. The molecule has 3 N–H and O–H groups in total. The summed E-state index contributed by atoms with van der Waals surface area (Å²) >= 11 is 0. The lowest BCUT2D eigenvalue weighted by molar-refractivity contribution is 0.261. The Balaban J connectivity index is 2.22. The molecule has 2 rings (SSSR count). The molecule has 1 aliphatic heterocycles. The summed E-state index contributed by atoms with van der Waals surface area (Å²) in [5.74, 6) is 0.718. The molecular formula is C12H21N5O2. The van der Waals surface area contributed by atoms with Gasteiger partial charge in [-0.05, 0) is 32.6 Å². The maximum absolute atomic E-state index is 9.15. The van der Waals surface area contributed by atoms with E-state index in [1.165, 1.54) is 6.42 Å². The number of rotatable bonds is 5. The van der Waals surface area contributed by atoms with Crippen LogP contribution in [0.25, 0.3) is 0 Å². The van der Waals surface area contributed by atoms with Gasteiger partial charge in [-0.25, -0.2) is 0 Å². The van der Waals surface area contributed by atoms with Gasteiger partial charge in [0.15, 0.2) is 0 Å². The van der Waals surface area contributed by atoms with Gasteiger partial charge in [0.1, 0.15) is 0 Å². The van der Waals surface area contributed by atoms with E-state index in [1.807, 2.05) is 6.92 Å². The van der Waals surface area contributed by atoms with E-state index in [0.29, 0.717) is 12.6 Å². The lowest BCUT2D eigenvalue weighted by Gasteiger charge is -2.35. The van der Waals surface area contributed by atoms with E-state index in [-0.39, 0.29) is 24.6 Å². The van der Waals surface area contributed by atoms with E-state index in [4.69, 9.17) is 15.6 Å². The number of piperidine rings is 1. The number of aliphatic hydroxyl groups excluding tert-OH is 1. The molecule has 0 bridgehead atoms. The van der Waals surface area contributed by atoms with Gasteiger partial charge >= 0.3 is 6.01 Å². The predicted molar refractivity (Wildman–Crippen MR) is 72.1 cm³/mol. The van der Waals surface area contributed by atoms with Crippen LogP contribution in [0.3, 0.4) is 0 Å². The van der Waals surface area contributed by atoms with Crippen LogP contribution in [0.4, 0.5) is 11.9 Å². The highest BCUT2D eigenvalue weighted by molar-refractivity contribution is 5.37. The average Bonchev–Trinajstić information content (AvgIpc) is 2.39. The highest BCUT2D eigenvalue weighted by Gasteiger charge is 2.25. The fraction of sp³-hybridized carbons (Fsp3) is 0.750. The molecule has 1 fully saturated rings. The van der Waals surface area contributed by atoms with Crippen LogP contribution >= 0.6 is 0 Å². The van der Waals surface area contributed by atoms with Crippen LogP contribution in [0.1, 0.15) is 32.6 Å². The fourth-order valence-electron chi connectivity index (χ4n) is 2.40. The molecule has 0 aliphatic carbocycles. The lowest BCUT2D eigenvalue weighted by Crippen LogP contribution is -2.41. The monoisotopic (exact) mass is 267 g/mol. The van der Waals surface area contributed by atoms with Gasteiger partial charge in [0.05, 0.1) is 6.61 Å². The predicted octanol–water partition coefficient (Wildman–Crippen LogP) is 0.594. The first kappa shape index (κ1) is 13.8. The molecule has 0 spiro atoms. The van der Waals surface area contributed by atoms with Crippen LogP contribution < -0.4 is 15.4 Å². The summed E-state index contributed by atoms with van der Waals surface area (Å²) in [5.41, 5.74) is 5.70. The van der Waals surface area contributed by atoms with Crippen molar-refractivity contribution in [2.24, 2.45) is 0 Å². The molecule has 1 atom stereocenters. The Morgan fingerprint density at radius 1 is 1.37 bits per heavy atom. The standard InChI is InChI=1S/C12H21N5O2/c1-2-19-12-15-10(13)14-11(16-12)17-7-4-3-5-9(17)6-8-18/h9,18H,2-8H2,1H3,(H2,13,14,15,16). The van der Waals surface area contributed by atoms with E-state index < -0.39 is 0 Å². The highest BCUT2D eigenvalue weighted by Crippen LogP contribution is 2.25. The summed E-state index contributed by atoms with van der Waals surface area (Å²) in [6.07, 6.45) is 4.02. The van der Waals surface area contributed by atoms with Gasteiger partial charge in [-0.15, -0.1) is 0 Å². The molecular weight excluding hydrogens is 246 g/mol. The Morgan fingerprint density at radius 2 is 2.21 bits per heavy atom. The van der Waals surface area contributed by atoms with Gasteiger partial charge in [-0.3, -0.25) is 0 Å². The molecule has 0 aromatic carbocycles. The summed E-state index contributed by atoms with van der Waals surface area (Å²) in [6, 6.07) is 0.522. The van der Waals surface area contributed by atoms with Gasteiger partial charge in [0, 0.05) is 19.2 Å². The number of aromatic nitrogens is 3. The SMILES string of the molecule is CCOc1nc(N)nc(N2CCCCC2CCO)n1. The molecule has 19 heavy (non-hydrogen) atoms. The second-order valence-electron chi connectivity index (χ2n) is 4.56. The van der Waals surface area contributed by atoms with Crippen molar-refractivity contribution in [3.8, 4) is 6.01 Å². The Morgan fingerprint density at radius 3 is 2.95 bits per heavy atom. The minimum absolute atomic E-state index is 0.167. The van der Waals surface area contributed by atoms with Crippen molar-refractivity contribution in [2.45, 2.75) is 38.6 Å². The molecule has 1 aromatic rings. The van der Waals surface area contributed by atoms with Gasteiger partial charge in [-0.1, -0.05) is 0 Å². The van der Waals surface area contributed by atoms with Crippen LogP contribution in [0.5, 0.6) is 6.01 Å². The van der Waals surface area contributed by atoms with Crippen LogP contribution in [0.15, 0.2) is 0 Å². The second kappa shape index (κ2) is 6.51. The van der Waals surface area contributed by atoms with Crippen molar-refractivity contribution in [3.05, 3.63) is 0 Å². The normalized spacial score (nSPS) is 19.5. The van der Waals surface area contributed by atoms with Gasteiger partial charge in [-0.2, -0.15) is 15.0 Å². The zero-order chi connectivity index (χ0) is 13.7. The summed E-state index contributed by atoms with van der Waals surface area (Å²) in [4.78, 5) is 14.5. The topological polar surface area (TPSA) is 97.4 Å². The molecule has 2 heterocycles. The molecule has 1 saturated heterocycles. The van der Waals surface area contributed by atoms with Gasteiger partial charge in [0.2, 0.25) is 11.9 Å². The Kier molecular flexibility index (Phi) is 4.73. The zero-order valence-electron chi connectivity index (χ0n) is 11.2. The first-order valence-corrected chi connectivity index (χ1v) is 6.76. The Labute approximate surface area is 112 Å². The number of hydrogen-bond acceptors (Lipinski definition) is 7. The molecule has 7 heteroatoms. The molecule has 106 valence electrons. The van der Waals surface area contributed by atoms with E-state index in [2.05, 4.69) is 19.9 Å². The van der Waals surface area contributed by atoms with Crippen molar-refractivity contribution in [2.75, 3.05) is 30.4 Å². The van der Waals surface area contributed by atoms with Crippen molar-refractivity contribution < 1.29 is 9.84 Å². The first-order chi connectivity index (χ1) is 9.24. The maximum Gasteiger partial charge on any atom is 0.323 e. The zero-order valence-corrected chi connectivity index (χ0v) is 11.2. The molecule has 7 nitrogen and oxygen atoms in total. The van der Waals surface area contributed by atoms with Gasteiger partial charge < -0.3 is 20.5 Å². The van der Waals surface area contributed by atoms with Crippen LogP contribution in [0, 0.1) is 0 Å². The molecule has 1 aromatic heterocycles. The number of anilines is 2. The summed E-state index contributed by atoms with van der Waals surface area (Å²) in [6.45, 7) is 3.40. The maximum atomic E-state index is 9.15.